The number of carbonyl (C=O) groups excluding carboxylic acids is 2. The number of likely N-dealkylation sites (tertiary alicyclic amines) is 1. The third-order valence-electron chi connectivity index (χ3n) is 5.08. The first-order chi connectivity index (χ1) is 13.2. The maximum atomic E-state index is 12.4. The molecule has 0 atom stereocenters. The van der Waals surface area contributed by atoms with Crippen molar-refractivity contribution in [2.75, 3.05) is 32.1 Å². The van der Waals surface area contributed by atoms with Gasteiger partial charge in [0.1, 0.15) is 0 Å². The van der Waals surface area contributed by atoms with Gasteiger partial charge >= 0.3 is 5.97 Å². The van der Waals surface area contributed by atoms with Crippen LogP contribution in [0.4, 0.5) is 5.69 Å². The first-order valence-corrected chi connectivity index (χ1v) is 9.39. The lowest BCUT2D eigenvalue weighted by molar-refractivity contribution is -0.130. The smallest absolute Gasteiger partial charge is 0.337 e. The van der Waals surface area contributed by atoms with Crippen LogP contribution in [0, 0.1) is 5.92 Å². The molecule has 3 rings (SSSR count). The van der Waals surface area contributed by atoms with E-state index in [1.54, 1.807) is 24.3 Å². The number of amides is 1. The molecule has 1 fully saturated rings. The Morgan fingerprint density at radius 2 is 1.70 bits per heavy atom. The molecule has 0 radical (unpaired) electrons. The minimum Gasteiger partial charge on any atom is -0.465 e. The predicted octanol–water partition coefficient (Wildman–Crippen LogP) is 3.37. The summed E-state index contributed by atoms with van der Waals surface area (Å²) in [7, 11) is 1.36. The van der Waals surface area contributed by atoms with Crippen molar-refractivity contribution in [2.45, 2.75) is 19.3 Å². The number of piperidine rings is 1. The molecule has 0 unspecified atom stereocenters. The molecule has 1 amide bonds. The van der Waals surface area contributed by atoms with E-state index in [2.05, 4.69) is 34.3 Å². The van der Waals surface area contributed by atoms with Gasteiger partial charge in [0, 0.05) is 18.8 Å². The molecule has 0 spiro atoms. The topological polar surface area (TPSA) is 58.6 Å². The number of carbonyl (C=O) groups is 2. The molecule has 0 aliphatic carbocycles. The van der Waals surface area contributed by atoms with Crippen LogP contribution in [0.15, 0.2) is 54.6 Å². The van der Waals surface area contributed by atoms with Gasteiger partial charge in [-0.05, 0) is 55.0 Å². The number of rotatable bonds is 6. The van der Waals surface area contributed by atoms with E-state index in [-0.39, 0.29) is 18.4 Å². The second-order valence-electron chi connectivity index (χ2n) is 6.94. The average Bonchev–Trinajstić information content (AvgIpc) is 2.73. The Balaban J connectivity index is 1.42. The lowest BCUT2D eigenvalue weighted by Crippen LogP contribution is -2.41. The molecule has 1 saturated heterocycles. The highest BCUT2D eigenvalue weighted by Gasteiger charge is 2.22. The second-order valence-corrected chi connectivity index (χ2v) is 6.94. The monoisotopic (exact) mass is 366 g/mol. The summed E-state index contributed by atoms with van der Waals surface area (Å²) in [6, 6.07) is 17.5. The molecular weight excluding hydrogens is 340 g/mol. The minimum absolute atomic E-state index is 0.116. The zero-order chi connectivity index (χ0) is 19.1. The van der Waals surface area contributed by atoms with Crippen molar-refractivity contribution in [2.24, 2.45) is 5.92 Å². The Kier molecular flexibility index (Phi) is 6.47. The number of hydrogen-bond donors (Lipinski definition) is 1. The maximum Gasteiger partial charge on any atom is 0.337 e. The summed E-state index contributed by atoms with van der Waals surface area (Å²) in [5.41, 5.74) is 2.68. The Bertz CT molecular complexity index is 751. The van der Waals surface area contributed by atoms with E-state index in [9.17, 15) is 9.59 Å². The van der Waals surface area contributed by atoms with Gasteiger partial charge < -0.3 is 15.0 Å². The summed E-state index contributed by atoms with van der Waals surface area (Å²) >= 11 is 0. The van der Waals surface area contributed by atoms with Crippen molar-refractivity contribution in [1.29, 1.82) is 0 Å². The molecule has 1 heterocycles. The van der Waals surface area contributed by atoms with Gasteiger partial charge in [-0.25, -0.2) is 4.79 Å². The quantitative estimate of drug-likeness (QED) is 0.797. The van der Waals surface area contributed by atoms with Gasteiger partial charge in [0.25, 0.3) is 0 Å². The summed E-state index contributed by atoms with van der Waals surface area (Å²) in [4.78, 5) is 25.8. The molecule has 142 valence electrons. The Morgan fingerprint density at radius 3 is 2.33 bits per heavy atom. The number of anilines is 1. The highest BCUT2D eigenvalue weighted by atomic mass is 16.5. The van der Waals surface area contributed by atoms with Crippen molar-refractivity contribution in [3.8, 4) is 0 Å². The normalized spacial score (nSPS) is 14.6. The molecule has 1 N–H and O–H groups in total. The molecule has 0 aromatic heterocycles. The van der Waals surface area contributed by atoms with Crippen molar-refractivity contribution < 1.29 is 14.3 Å². The minimum atomic E-state index is -0.365. The summed E-state index contributed by atoms with van der Waals surface area (Å²) in [6.07, 6.45) is 3.19. The zero-order valence-corrected chi connectivity index (χ0v) is 15.7. The number of esters is 1. The number of ether oxygens (including phenoxy) is 1. The van der Waals surface area contributed by atoms with Gasteiger partial charge in [-0.1, -0.05) is 30.3 Å². The fourth-order valence-electron chi connectivity index (χ4n) is 3.47. The lowest BCUT2D eigenvalue weighted by atomic mass is 9.90. The predicted molar refractivity (Wildman–Crippen MR) is 106 cm³/mol. The number of nitrogens with one attached hydrogen (secondary N) is 1. The third kappa shape index (κ3) is 5.33. The van der Waals surface area contributed by atoms with Crippen LogP contribution in [0.3, 0.4) is 0 Å². The van der Waals surface area contributed by atoms with Crippen LogP contribution in [-0.2, 0) is 16.0 Å². The molecule has 2 aromatic rings. The molecule has 2 aromatic carbocycles. The number of nitrogens with zero attached hydrogens (tertiary/aromatic N) is 1. The van der Waals surface area contributed by atoms with Gasteiger partial charge in [0.05, 0.1) is 19.2 Å². The Labute approximate surface area is 160 Å². The van der Waals surface area contributed by atoms with Crippen LogP contribution in [0.1, 0.15) is 28.8 Å². The molecule has 0 bridgehead atoms. The largest absolute Gasteiger partial charge is 0.465 e. The number of methoxy groups -OCH3 is 1. The van der Waals surface area contributed by atoms with E-state index in [0.29, 0.717) is 11.5 Å². The molecular formula is C22H26N2O3. The van der Waals surface area contributed by atoms with E-state index < -0.39 is 0 Å². The van der Waals surface area contributed by atoms with E-state index in [1.807, 2.05) is 11.0 Å². The Morgan fingerprint density at radius 1 is 1.04 bits per heavy atom. The summed E-state index contributed by atoms with van der Waals surface area (Å²) in [5.74, 6) is 0.400. The number of hydrogen-bond acceptors (Lipinski definition) is 4. The van der Waals surface area contributed by atoms with E-state index in [4.69, 9.17) is 0 Å². The second kappa shape index (κ2) is 9.21. The van der Waals surface area contributed by atoms with Crippen LogP contribution in [0.2, 0.25) is 0 Å². The van der Waals surface area contributed by atoms with Gasteiger partial charge in [0.2, 0.25) is 5.91 Å². The van der Waals surface area contributed by atoms with Crippen molar-refractivity contribution in [3.63, 3.8) is 0 Å². The maximum absolute atomic E-state index is 12.4. The highest BCUT2D eigenvalue weighted by molar-refractivity contribution is 5.89. The lowest BCUT2D eigenvalue weighted by Gasteiger charge is -2.32. The highest BCUT2D eigenvalue weighted by Crippen LogP contribution is 2.21. The van der Waals surface area contributed by atoms with E-state index in [1.165, 1.54) is 12.7 Å². The van der Waals surface area contributed by atoms with Crippen molar-refractivity contribution in [1.82, 2.24) is 4.90 Å². The number of benzene rings is 2. The summed E-state index contributed by atoms with van der Waals surface area (Å²) < 4.78 is 4.68. The van der Waals surface area contributed by atoms with Crippen LogP contribution in [0.5, 0.6) is 0 Å². The summed E-state index contributed by atoms with van der Waals surface area (Å²) in [5, 5.41) is 3.13. The fourth-order valence-corrected chi connectivity index (χ4v) is 3.47. The Hall–Kier alpha value is -2.82. The molecule has 1 aliphatic rings. The van der Waals surface area contributed by atoms with Crippen LogP contribution in [0.25, 0.3) is 0 Å². The molecule has 1 aliphatic heterocycles. The van der Waals surface area contributed by atoms with Gasteiger partial charge in [0.15, 0.2) is 0 Å². The fraction of sp³-hybridized carbons (Fsp3) is 0.364. The molecule has 5 nitrogen and oxygen atoms in total. The van der Waals surface area contributed by atoms with Crippen LogP contribution < -0.4 is 5.32 Å². The van der Waals surface area contributed by atoms with Crippen molar-refractivity contribution in [3.05, 3.63) is 65.7 Å². The first kappa shape index (κ1) is 19.0. The third-order valence-corrected chi connectivity index (χ3v) is 5.08. The first-order valence-electron chi connectivity index (χ1n) is 9.39. The van der Waals surface area contributed by atoms with Gasteiger partial charge in [-0.2, -0.15) is 0 Å². The summed E-state index contributed by atoms with van der Waals surface area (Å²) in [6.45, 7) is 1.90. The molecule has 0 saturated carbocycles. The molecule has 5 heteroatoms. The SMILES string of the molecule is COC(=O)c1ccc(NCC(=O)N2CCC(Cc3ccccc3)CC2)cc1. The molecule has 27 heavy (non-hydrogen) atoms. The standard InChI is InChI=1S/C22H26N2O3/c1-27-22(26)19-7-9-20(10-8-19)23-16-21(25)24-13-11-18(12-14-24)15-17-5-3-2-4-6-17/h2-10,18,23H,11-16H2,1H3. The van der Waals surface area contributed by atoms with Gasteiger partial charge in [-0.15, -0.1) is 0 Å². The van der Waals surface area contributed by atoms with Crippen LogP contribution >= 0.6 is 0 Å². The average molecular weight is 366 g/mol. The van der Waals surface area contributed by atoms with E-state index >= 15 is 0 Å². The van der Waals surface area contributed by atoms with Crippen molar-refractivity contribution >= 4 is 17.6 Å². The van der Waals surface area contributed by atoms with Crippen LogP contribution in [-0.4, -0.2) is 43.5 Å². The van der Waals surface area contributed by atoms with Gasteiger partial charge in [-0.3, -0.25) is 4.79 Å². The van der Waals surface area contributed by atoms with E-state index in [0.717, 1.165) is 38.0 Å². The zero-order valence-electron chi connectivity index (χ0n) is 15.7.